The van der Waals surface area contributed by atoms with Gasteiger partial charge in [-0.15, -0.1) is 0 Å². The van der Waals surface area contributed by atoms with Gasteiger partial charge in [-0.25, -0.2) is 0 Å². The highest BCUT2D eigenvalue weighted by Gasteiger charge is 2.32. The molecule has 2 aliphatic heterocycles. The molecule has 0 spiro atoms. The van der Waals surface area contributed by atoms with Crippen molar-refractivity contribution in [2.75, 3.05) is 6.79 Å². The van der Waals surface area contributed by atoms with Crippen LogP contribution in [0.25, 0.3) is 0 Å². The Bertz CT molecular complexity index is 478. The van der Waals surface area contributed by atoms with E-state index < -0.39 is 0 Å². The molecule has 5 heteroatoms. The van der Waals surface area contributed by atoms with E-state index in [4.69, 9.17) is 9.47 Å². The Kier molecular flexibility index (Phi) is 3.40. The van der Waals surface area contributed by atoms with Crippen LogP contribution in [0.4, 0.5) is 0 Å². The smallest absolute Gasteiger partial charge is 0.231 e. The average molecular weight is 262 g/mol. The Labute approximate surface area is 112 Å². The Balaban J connectivity index is 1.62. The maximum absolute atomic E-state index is 11.1. The highest BCUT2D eigenvalue weighted by atomic mass is 16.7. The van der Waals surface area contributed by atoms with Gasteiger partial charge >= 0.3 is 0 Å². The standard InChI is InChI=1S/C14H18N2O3/c1-9-11(7-17)12(16-15-9)4-2-10-3-5-13-14(6-10)19-8-18-13/h3,5-7,9,11-12,15-16H,2,4,8H2,1H3. The lowest BCUT2D eigenvalue weighted by atomic mass is 9.92. The minimum absolute atomic E-state index is 0.0361. The molecular weight excluding hydrogens is 244 g/mol. The van der Waals surface area contributed by atoms with Crippen LogP contribution in [0.2, 0.25) is 0 Å². The van der Waals surface area contributed by atoms with Crippen molar-refractivity contribution in [1.29, 1.82) is 0 Å². The Morgan fingerprint density at radius 1 is 1.32 bits per heavy atom. The van der Waals surface area contributed by atoms with E-state index in [1.54, 1.807) is 0 Å². The highest BCUT2D eigenvalue weighted by molar-refractivity contribution is 5.56. The summed E-state index contributed by atoms with van der Waals surface area (Å²) in [4.78, 5) is 11.1. The monoisotopic (exact) mass is 262 g/mol. The molecule has 2 aliphatic rings. The van der Waals surface area contributed by atoms with Gasteiger partial charge in [0.1, 0.15) is 6.29 Å². The largest absolute Gasteiger partial charge is 0.454 e. The fourth-order valence-electron chi connectivity index (χ4n) is 2.68. The zero-order chi connectivity index (χ0) is 13.2. The van der Waals surface area contributed by atoms with E-state index in [1.165, 1.54) is 5.56 Å². The quantitative estimate of drug-likeness (QED) is 0.794. The minimum Gasteiger partial charge on any atom is -0.454 e. The molecule has 3 unspecified atom stereocenters. The number of carbonyl (C=O) groups excluding carboxylic acids is 1. The number of nitrogens with one attached hydrogen (secondary N) is 2. The van der Waals surface area contributed by atoms with Crippen LogP contribution in [0.1, 0.15) is 18.9 Å². The lowest BCUT2D eigenvalue weighted by Crippen LogP contribution is -2.32. The molecule has 0 bridgehead atoms. The van der Waals surface area contributed by atoms with Gasteiger partial charge < -0.3 is 14.3 Å². The van der Waals surface area contributed by atoms with Gasteiger partial charge in [-0.3, -0.25) is 10.9 Å². The molecule has 1 aromatic rings. The van der Waals surface area contributed by atoms with Gasteiger partial charge in [-0.2, -0.15) is 0 Å². The number of carbonyl (C=O) groups is 1. The lowest BCUT2D eigenvalue weighted by molar-refractivity contribution is -0.111. The molecule has 5 nitrogen and oxygen atoms in total. The molecule has 102 valence electrons. The van der Waals surface area contributed by atoms with Gasteiger partial charge in [-0.1, -0.05) is 6.07 Å². The summed E-state index contributed by atoms with van der Waals surface area (Å²) in [7, 11) is 0. The maximum atomic E-state index is 11.1. The maximum Gasteiger partial charge on any atom is 0.231 e. The number of hydrogen-bond donors (Lipinski definition) is 2. The topological polar surface area (TPSA) is 59.6 Å². The first kappa shape index (κ1) is 12.4. The number of hydrazine groups is 1. The van der Waals surface area contributed by atoms with E-state index >= 15 is 0 Å². The van der Waals surface area contributed by atoms with Crippen LogP contribution >= 0.6 is 0 Å². The van der Waals surface area contributed by atoms with Crippen LogP contribution in [0, 0.1) is 5.92 Å². The second kappa shape index (κ2) is 5.19. The van der Waals surface area contributed by atoms with E-state index in [2.05, 4.69) is 16.9 Å². The molecule has 3 rings (SSSR count). The molecule has 2 heterocycles. The molecular formula is C14H18N2O3. The predicted octanol–water partition coefficient (Wildman–Crippen LogP) is 1.03. The van der Waals surface area contributed by atoms with Gasteiger partial charge in [0, 0.05) is 18.0 Å². The Morgan fingerprint density at radius 3 is 3.00 bits per heavy atom. The summed E-state index contributed by atoms with van der Waals surface area (Å²) < 4.78 is 10.7. The second-order valence-electron chi connectivity index (χ2n) is 5.12. The van der Waals surface area contributed by atoms with Crippen molar-refractivity contribution in [3.05, 3.63) is 23.8 Å². The Hall–Kier alpha value is -1.59. The molecule has 0 amide bonds. The number of rotatable bonds is 4. The first-order valence-electron chi connectivity index (χ1n) is 6.63. The molecule has 1 saturated heterocycles. The summed E-state index contributed by atoms with van der Waals surface area (Å²) in [5.41, 5.74) is 7.52. The molecule has 0 saturated carbocycles. The van der Waals surface area contributed by atoms with E-state index in [0.717, 1.165) is 30.6 Å². The first-order chi connectivity index (χ1) is 9.28. The normalized spacial score (nSPS) is 28.6. The van der Waals surface area contributed by atoms with E-state index in [-0.39, 0.29) is 18.0 Å². The van der Waals surface area contributed by atoms with Crippen molar-refractivity contribution in [1.82, 2.24) is 10.9 Å². The minimum atomic E-state index is 0.0361. The van der Waals surface area contributed by atoms with Crippen molar-refractivity contribution in [2.24, 2.45) is 5.92 Å². The number of aryl methyl sites for hydroxylation is 1. The van der Waals surface area contributed by atoms with Crippen molar-refractivity contribution in [3.63, 3.8) is 0 Å². The van der Waals surface area contributed by atoms with Crippen LogP contribution in [0.3, 0.4) is 0 Å². The number of benzene rings is 1. The Morgan fingerprint density at radius 2 is 2.16 bits per heavy atom. The number of aldehydes is 1. The second-order valence-corrected chi connectivity index (χ2v) is 5.12. The fourth-order valence-corrected chi connectivity index (χ4v) is 2.68. The number of fused-ring (bicyclic) bond motifs is 1. The van der Waals surface area contributed by atoms with Gasteiger partial charge in [-0.05, 0) is 37.5 Å². The van der Waals surface area contributed by atoms with Gasteiger partial charge in [0.05, 0.1) is 0 Å². The number of ether oxygens (including phenoxy) is 2. The van der Waals surface area contributed by atoms with Crippen molar-refractivity contribution in [2.45, 2.75) is 31.8 Å². The SMILES string of the molecule is CC1NNC(CCc2ccc3c(c2)OCO3)C1C=O. The third kappa shape index (κ3) is 2.43. The zero-order valence-electron chi connectivity index (χ0n) is 10.9. The third-order valence-corrected chi connectivity index (χ3v) is 3.88. The van der Waals surface area contributed by atoms with Crippen LogP contribution in [-0.4, -0.2) is 25.2 Å². The van der Waals surface area contributed by atoms with E-state index in [9.17, 15) is 4.79 Å². The highest BCUT2D eigenvalue weighted by Crippen LogP contribution is 2.33. The van der Waals surface area contributed by atoms with Crippen molar-refractivity contribution < 1.29 is 14.3 Å². The summed E-state index contributed by atoms with van der Waals surface area (Å²) >= 11 is 0. The molecule has 0 radical (unpaired) electrons. The lowest BCUT2D eigenvalue weighted by Gasteiger charge is -2.14. The molecule has 2 N–H and O–H groups in total. The molecule has 3 atom stereocenters. The fraction of sp³-hybridized carbons (Fsp3) is 0.500. The molecule has 0 aliphatic carbocycles. The number of hydrogen-bond acceptors (Lipinski definition) is 5. The van der Waals surface area contributed by atoms with E-state index in [1.807, 2.05) is 19.1 Å². The molecule has 1 aromatic carbocycles. The molecule has 19 heavy (non-hydrogen) atoms. The van der Waals surface area contributed by atoms with E-state index in [0.29, 0.717) is 6.79 Å². The van der Waals surface area contributed by atoms with Crippen LogP contribution < -0.4 is 20.3 Å². The van der Waals surface area contributed by atoms with Crippen LogP contribution in [-0.2, 0) is 11.2 Å². The van der Waals surface area contributed by atoms with Gasteiger partial charge in [0.25, 0.3) is 0 Å². The summed E-state index contributed by atoms with van der Waals surface area (Å²) in [6, 6.07) is 6.40. The first-order valence-corrected chi connectivity index (χ1v) is 6.63. The third-order valence-electron chi connectivity index (χ3n) is 3.88. The van der Waals surface area contributed by atoms with Gasteiger partial charge in [0.15, 0.2) is 11.5 Å². The zero-order valence-corrected chi connectivity index (χ0v) is 10.9. The summed E-state index contributed by atoms with van der Waals surface area (Å²) in [5.74, 6) is 1.66. The van der Waals surface area contributed by atoms with Crippen molar-refractivity contribution in [3.8, 4) is 11.5 Å². The summed E-state index contributed by atoms with van der Waals surface area (Å²) in [5, 5.41) is 0. The van der Waals surface area contributed by atoms with Crippen molar-refractivity contribution >= 4 is 6.29 Å². The predicted molar refractivity (Wildman–Crippen MR) is 70.0 cm³/mol. The molecule has 1 fully saturated rings. The summed E-state index contributed by atoms with van der Waals surface area (Å²) in [6.07, 6.45) is 2.87. The molecule has 0 aromatic heterocycles. The van der Waals surface area contributed by atoms with Gasteiger partial charge in [0.2, 0.25) is 6.79 Å². The van der Waals surface area contributed by atoms with Crippen LogP contribution in [0.5, 0.6) is 11.5 Å². The summed E-state index contributed by atoms with van der Waals surface area (Å²) in [6.45, 7) is 2.32. The van der Waals surface area contributed by atoms with Crippen LogP contribution in [0.15, 0.2) is 18.2 Å². The average Bonchev–Trinajstić information content (AvgIpc) is 3.01.